The van der Waals surface area contributed by atoms with E-state index in [1.54, 1.807) is 0 Å². The normalized spacial score (nSPS) is 28.1. The average molecular weight is 352 g/mol. The van der Waals surface area contributed by atoms with Gasteiger partial charge in [0.25, 0.3) is 5.91 Å². The van der Waals surface area contributed by atoms with Crippen molar-refractivity contribution in [1.82, 2.24) is 4.90 Å². The minimum Gasteiger partial charge on any atom is -0.477 e. The van der Waals surface area contributed by atoms with Crippen molar-refractivity contribution in [2.24, 2.45) is 5.73 Å². The second-order valence-electron chi connectivity index (χ2n) is 4.75. The van der Waals surface area contributed by atoms with Gasteiger partial charge in [0.15, 0.2) is 0 Å². The predicted octanol–water partition coefficient (Wildman–Crippen LogP) is -1.36. The van der Waals surface area contributed by atoms with Crippen LogP contribution in [0.2, 0.25) is 0 Å². The number of carbonyl (C=O) groups excluding carboxylic acids is 2. The fraction of sp³-hybridized carbons (Fsp3) is 0.500. The van der Waals surface area contributed by atoms with Crippen LogP contribution in [0.5, 0.6) is 0 Å². The first-order valence-electron chi connectivity index (χ1n) is 5.90. The van der Waals surface area contributed by atoms with Crippen LogP contribution >= 0.6 is 19.4 Å². The second-order valence-corrected chi connectivity index (χ2v) is 7.64. The smallest absolute Gasteiger partial charge is 0.357 e. The number of fused-ring (bicyclic) bond motifs is 1. The molecule has 2 atom stereocenters. The number of hydrogen-bond donors (Lipinski definition) is 4. The SMILES string of the molecule is CC(=O)OCC1=C(C(=O)O)N2C(=O)C(N)(P(=O)(O)O)[C@H]2SC1. The van der Waals surface area contributed by atoms with Crippen LogP contribution in [0.4, 0.5) is 0 Å². The number of nitrogens with zero attached hydrogens (tertiary/aromatic N) is 1. The van der Waals surface area contributed by atoms with Gasteiger partial charge in [0, 0.05) is 18.2 Å². The summed E-state index contributed by atoms with van der Waals surface area (Å²) in [4.78, 5) is 53.5. The molecule has 2 aliphatic heterocycles. The van der Waals surface area contributed by atoms with Crippen LogP contribution < -0.4 is 5.73 Å². The van der Waals surface area contributed by atoms with E-state index in [-0.39, 0.29) is 17.9 Å². The number of amides is 1. The summed E-state index contributed by atoms with van der Waals surface area (Å²) in [5, 5.41) is 5.62. The van der Waals surface area contributed by atoms with Crippen molar-refractivity contribution >= 4 is 37.2 Å². The first-order valence-corrected chi connectivity index (χ1v) is 8.56. The number of carboxylic acid groups (broad SMARTS) is 1. The van der Waals surface area contributed by atoms with Crippen LogP contribution in [0.1, 0.15) is 6.92 Å². The Kier molecular flexibility index (Phi) is 4.13. The van der Waals surface area contributed by atoms with E-state index in [4.69, 9.17) is 10.5 Å². The molecule has 12 heteroatoms. The van der Waals surface area contributed by atoms with Gasteiger partial charge in [0.1, 0.15) is 17.7 Å². The van der Waals surface area contributed by atoms with Crippen LogP contribution in [0, 0.1) is 0 Å². The molecule has 122 valence electrons. The van der Waals surface area contributed by atoms with Gasteiger partial charge in [-0.15, -0.1) is 11.8 Å². The standard InChI is InChI=1S/C10H13N2O8PS/c1-4(13)20-2-5-3-22-9-10(11,21(17,18)19)8(16)12(9)6(5)7(14)15/h9H,2-3,11H2,1H3,(H,14,15)(H2,17,18,19)/t9-,10?/m1/s1. The topological polar surface area (TPSA) is 167 Å². The Hall–Kier alpha value is -1.39. The van der Waals surface area contributed by atoms with Gasteiger partial charge >= 0.3 is 19.5 Å². The molecule has 1 unspecified atom stereocenters. The zero-order chi connectivity index (χ0) is 16.9. The zero-order valence-electron chi connectivity index (χ0n) is 11.3. The summed E-state index contributed by atoms with van der Waals surface area (Å²) in [6.07, 6.45) is 0. The molecule has 2 rings (SSSR count). The van der Waals surface area contributed by atoms with Gasteiger partial charge in [-0.25, -0.2) is 4.79 Å². The Labute approximate surface area is 128 Å². The summed E-state index contributed by atoms with van der Waals surface area (Å²) >= 11 is 0.907. The largest absolute Gasteiger partial charge is 0.477 e. The predicted molar refractivity (Wildman–Crippen MR) is 73.3 cm³/mol. The summed E-state index contributed by atoms with van der Waals surface area (Å²) in [6, 6.07) is 0. The molecule has 10 nitrogen and oxygen atoms in total. The van der Waals surface area contributed by atoms with E-state index in [1.165, 1.54) is 0 Å². The zero-order valence-corrected chi connectivity index (χ0v) is 13.0. The molecule has 22 heavy (non-hydrogen) atoms. The summed E-state index contributed by atoms with van der Waals surface area (Å²) in [5.41, 5.74) is 5.24. The molecule has 2 heterocycles. The van der Waals surface area contributed by atoms with E-state index >= 15 is 0 Å². The monoisotopic (exact) mass is 352 g/mol. The van der Waals surface area contributed by atoms with Crippen molar-refractivity contribution in [3.8, 4) is 0 Å². The number of rotatable bonds is 4. The number of carboxylic acids is 1. The number of β-lactam (4-membered cyclic amide) rings is 1. The minimum atomic E-state index is -4.97. The van der Waals surface area contributed by atoms with Gasteiger partial charge < -0.3 is 25.4 Å². The van der Waals surface area contributed by atoms with Crippen molar-refractivity contribution in [1.29, 1.82) is 0 Å². The Morgan fingerprint density at radius 2 is 2.14 bits per heavy atom. The molecular weight excluding hydrogens is 339 g/mol. The fourth-order valence-corrected chi connectivity index (χ4v) is 4.88. The van der Waals surface area contributed by atoms with Gasteiger partial charge in [0.05, 0.1) is 0 Å². The molecule has 0 aromatic heterocycles. The molecule has 5 N–H and O–H groups in total. The maximum atomic E-state index is 12.1. The molecular formula is C10H13N2O8PS. The van der Waals surface area contributed by atoms with Gasteiger partial charge in [-0.1, -0.05) is 0 Å². The molecule has 0 aliphatic carbocycles. The van der Waals surface area contributed by atoms with Crippen molar-refractivity contribution in [2.75, 3.05) is 12.4 Å². The van der Waals surface area contributed by atoms with E-state index in [2.05, 4.69) is 0 Å². The maximum absolute atomic E-state index is 12.1. The highest BCUT2D eigenvalue weighted by atomic mass is 32.2. The number of esters is 1. The molecule has 1 saturated heterocycles. The molecule has 0 aromatic rings. The highest BCUT2D eigenvalue weighted by molar-refractivity contribution is 8.00. The number of carbonyl (C=O) groups is 3. The summed E-state index contributed by atoms with van der Waals surface area (Å²) < 4.78 is 16.2. The highest BCUT2D eigenvalue weighted by Crippen LogP contribution is 2.61. The molecule has 0 aromatic carbocycles. The third-order valence-corrected chi connectivity index (χ3v) is 6.29. The van der Waals surface area contributed by atoms with Gasteiger partial charge in [-0.2, -0.15) is 0 Å². The molecule has 0 saturated carbocycles. The van der Waals surface area contributed by atoms with E-state index in [9.17, 15) is 33.8 Å². The van der Waals surface area contributed by atoms with E-state index < -0.39 is 41.8 Å². The Balaban J connectivity index is 2.39. The Bertz CT molecular complexity index is 643. The number of aliphatic carboxylic acids is 1. The Morgan fingerprint density at radius 3 is 2.59 bits per heavy atom. The number of nitrogens with two attached hydrogens (primary N) is 1. The lowest BCUT2D eigenvalue weighted by Crippen LogP contribution is -2.77. The quantitative estimate of drug-likeness (QED) is 0.269. The fourth-order valence-electron chi connectivity index (χ4n) is 2.20. The summed E-state index contributed by atoms with van der Waals surface area (Å²) in [7, 11) is -4.97. The molecule has 1 amide bonds. The molecule has 2 aliphatic rings. The van der Waals surface area contributed by atoms with Crippen LogP contribution in [-0.4, -0.2) is 60.7 Å². The van der Waals surface area contributed by atoms with Crippen LogP contribution in [-0.2, 0) is 23.7 Å². The van der Waals surface area contributed by atoms with Crippen molar-refractivity contribution in [3.05, 3.63) is 11.3 Å². The second kappa shape index (κ2) is 5.36. The summed E-state index contributed by atoms with van der Waals surface area (Å²) in [6.45, 7) is 0.821. The Morgan fingerprint density at radius 1 is 1.55 bits per heavy atom. The van der Waals surface area contributed by atoms with Crippen LogP contribution in [0.3, 0.4) is 0 Å². The third-order valence-electron chi connectivity index (χ3n) is 3.30. The van der Waals surface area contributed by atoms with Crippen molar-refractivity contribution in [3.63, 3.8) is 0 Å². The molecule has 0 bridgehead atoms. The number of hydrogen-bond acceptors (Lipinski definition) is 7. The van der Waals surface area contributed by atoms with Gasteiger partial charge in [-0.3, -0.25) is 19.1 Å². The molecule has 0 radical (unpaired) electrons. The van der Waals surface area contributed by atoms with Crippen molar-refractivity contribution in [2.45, 2.75) is 17.6 Å². The number of thioether (sulfide) groups is 1. The average Bonchev–Trinajstić information content (AvgIpc) is 2.41. The van der Waals surface area contributed by atoms with Crippen LogP contribution in [0.15, 0.2) is 11.3 Å². The van der Waals surface area contributed by atoms with E-state index in [0.717, 1.165) is 23.6 Å². The third kappa shape index (κ3) is 2.34. The first kappa shape index (κ1) is 17.0. The first-order chi connectivity index (χ1) is 10.0. The summed E-state index contributed by atoms with van der Waals surface area (Å²) in [5.74, 6) is -3.24. The minimum absolute atomic E-state index is 0.0162. The van der Waals surface area contributed by atoms with Gasteiger partial charge in [-0.05, 0) is 0 Å². The van der Waals surface area contributed by atoms with Crippen molar-refractivity contribution < 1.29 is 38.6 Å². The lowest BCUT2D eigenvalue weighted by atomic mass is 10.0. The van der Waals surface area contributed by atoms with E-state index in [1.807, 2.05) is 0 Å². The molecule has 1 fully saturated rings. The molecule has 0 spiro atoms. The lowest BCUT2D eigenvalue weighted by Gasteiger charge is -2.54. The maximum Gasteiger partial charge on any atom is 0.357 e. The number of ether oxygens (including phenoxy) is 1. The van der Waals surface area contributed by atoms with E-state index in [0.29, 0.717) is 0 Å². The van der Waals surface area contributed by atoms with Gasteiger partial charge in [0.2, 0.25) is 5.28 Å². The van der Waals surface area contributed by atoms with Crippen LogP contribution in [0.25, 0.3) is 0 Å². The lowest BCUT2D eigenvalue weighted by molar-refractivity contribution is -0.151. The highest BCUT2D eigenvalue weighted by Gasteiger charge is 2.71.